The summed E-state index contributed by atoms with van der Waals surface area (Å²) in [4.78, 5) is 0. The van der Waals surface area contributed by atoms with Crippen LogP contribution in [-0.4, -0.2) is 19.9 Å². The van der Waals surface area contributed by atoms with Crippen LogP contribution in [0.2, 0.25) is 0 Å². The van der Waals surface area contributed by atoms with Gasteiger partial charge in [-0.05, 0) is 13.3 Å². The fourth-order valence-corrected chi connectivity index (χ4v) is 1.71. The molecule has 2 nitrogen and oxygen atoms in total. The molecule has 0 fully saturated rings. The predicted molar refractivity (Wildman–Crippen MR) is 54.3 cm³/mol. The summed E-state index contributed by atoms with van der Waals surface area (Å²) in [6, 6.07) is 0.0826. The van der Waals surface area contributed by atoms with E-state index in [0.29, 0.717) is 0 Å². The van der Waals surface area contributed by atoms with E-state index in [1.807, 2.05) is 0 Å². The Kier molecular flexibility index (Phi) is 3.81. The van der Waals surface area contributed by atoms with Gasteiger partial charge in [0.25, 0.3) is 0 Å². The van der Waals surface area contributed by atoms with E-state index in [0.717, 1.165) is 6.26 Å². The normalized spacial score (nSPS) is 13.8. The van der Waals surface area contributed by atoms with Crippen molar-refractivity contribution in [2.45, 2.75) is 18.6 Å². The van der Waals surface area contributed by atoms with Crippen LogP contribution in [0.1, 0.15) is 12.5 Å². The third-order valence-corrected chi connectivity index (χ3v) is 4.05. The number of benzene rings is 1. The zero-order valence-corrected chi connectivity index (χ0v) is 9.91. The van der Waals surface area contributed by atoms with Crippen molar-refractivity contribution in [1.29, 1.82) is 0 Å². The van der Waals surface area contributed by atoms with Gasteiger partial charge in [-0.3, -0.25) is 0 Å². The second kappa shape index (κ2) is 4.64. The molecule has 0 saturated carbocycles. The lowest BCUT2D eigenvalue weighted by Gasteiger charge is -2.11. The third-order valence-electron chi connectivity index (χ3n) is 2.43. The molecular weight excluding hydrogens is 260 g/mol. The van der Waals surface area contributed by atoms with Gasteiger partial charge in [0.15, 0.2) is 23.3 Å². The maximum Gasteiger partial charge on any atom is 0.165 e. The van der Waals surface area contributed by atoms with Gasteiger partial charge in [0.2, 0.25) is 0 Å². The largest absolute Gasteiger partial charge is 0.229 e. The molecule has 0 N–H and O–H groups in total. The number of hydrogen-bond donors (Lipinski definition) is 0. The van der Waals surface area contributed by atoms with Crippen LogP contribution in [-0.2, 0) is 16.3 Å². The van der Waals surface area contributed by atoms with E-state index in [1.165, 1.54) is 6.92 Å². The van der Waals surface area contributed by atoms with Crippen molar-refractivity contribution < 1.29 is 26.0 Å². The van der Waals surface area contributed by atoms with Crippen molar-refractivity contribution in [2.24, 2.45) is 0 Å². The predicted octanol–water partition coefficient (Wildman–Crippen LogP) is 2.22. The van der Waals surface area contributed by atoms with Crippen LogP contribution < -0.4 is 0 Å². The Labute approximate surface area is 96.2 Å². The zero-order chi connectivity index (χ0) is 13.4. The highest BCUT2D eigenvalue weighted by Gasteiger charge is 2.24. The first-order valence-electron chi connectivity index (χ1n) is 4.65. The Bertz CT molecular complexity index is 513. The maximum atomic E-state index is 13.2. The summed E-state index contributed by atoms with van der Waals surface area (Å²) in [6.07, 6.45) is 0.258. The van der Waals surface area contributed by atoms with Crippen LogP contribution in [0, 0.1) is 23.3 Å². The molecule has 96 valence electrons. The van der Waals surface area contributed by atoms with Gasteiger partial charge in [-0.15, -0.1) is 0 Å². The molecule has 0 aliphatic heterocycles. The summed E-state index contributed by atoms with van der Waals surface area (Å²) in [5.74, 6) is -6.20. The molecule has 0 amide bonds. The molecule has 0 bridgehead atoms. The molecule has 1 unspecified atom stereocenters. The van der Waals surface area contributed by atoms with E-state index < -0.39 is 50.3 Å². The highest BCUT2D eigenvalue weighted by Crippen LogP contribution is 2.22. The summed E-state index contributed by atoms with van der Waals surface area (Å²) in [7, 11) is -3.54. The second-order valence-electron chi connectivity index (χ2n) is 3.79. The fraction of sp³-hybridized carbons (Fsp3) is 0.400. The van der Waals surface area contributed by atoms with Gasteiger partial charge >= 0.3 is 0 Å². The van der Waals surface area contributed by atoms with Crippen LogP contribution in [0.5, 0.6) is 0 Å². The molecule has 0 saturated heterocycles. The molecule has 1 rings (SSSR count). The number of rotatable bonds is 3. The quantitative estimate of drug-likeness (QED) is 0.623. The molecule has 1 atom stereocenters. The molecule has 1 aromatic carbocycles. The van der Waals surface area contributed by atoms with E-state index in [1.54, 1.807) is 0 Å². The smallest absolute Gasteiger partial charge is 0.165 e. The van der Waals surface area contributed by atoms with E-state index in [2.05, 4.69) is 0 Å². The molecule has 0 spiro atoms. The van der Waals surface area contributed by atoms with Crippen molar-refractivity contribution in [3.63, 3.8) is 0 Å². The van der Waals surface area contributed by atoms with Crippen molar-refractivity contribution in [3.8, 4) is 0 Å². The fourth-order valence-electron chi connectivity index (χ4n) is 1.24. The zero-order valence-electron chi connectivity index (χ0n) is 9.10. The van der Waals surface area contributed by atoms with Crippen LogP contribution >= 0.6 is 0 Å². The Hall–Kier alpha value is -1.11. The first kappa shape index (κ1) is 14.0. The van der Waals surface area contributed by atoms with Gasteiger partial charge in [0.1, 0.15) is 9.84 Å². The molecular formula is C10H10F4O2S. The van der Waals surface area contributed by atoms with E-state index in [-0.39, 0.29) is 6.07 Å². The van der Waals surface area contributed by atoms with Crippen LogP contribution in [0.3, 0.4) is 0 Å². The number of sulfone groups is 1. The summed E-state index contributed by atoms with van der Waals surface area (Å²) in [5, 5.41) is -1.13. The van der Waals surface area contributed by atoms with Crippen molar-refractivity contribution in [2.75, 3.05) is 6.26 Å². The van der Waals surface area contributed by atoms with Crippen molar-refractivity contribution >= 4 is 9.84 Å². The van der Waals surface area contributed by atoms with Crippen LogP contribution in [0.25, 0.3) is 0 Å². The third kappa shape index (κ3) is 2.96. The minimum Gasteiger partial charge on any atom is -0.229 e. The van der Waals surface area contributed by atoms with Crippen molar-refractivity contribution in [3.05, 3.63) is 34.9 Å². The average Bonchev–Trinajstić information content (AvgIpc) is 2.20. The Morgan fingerprint density at radius 1 is 1.12 bits per heavy atom. The van der Waals surface area contributed by atoms with Gasteiger partial charge in [-0.2, -0.15) is 0 Å². The molecule has 0 aliphatic rings. The molecule has 0 heterocycles. The molecule has 17 heavy (non-hydrogen) atoms. The molecule has 7 heteroatoms. The minimum absolute atomic E-state index is 0.0826. The molecule has 0 aliphatic carbocycles. The van der Waals surface area contributed by atoms with Crippen LogP contribution in [0.4, 0.5) is 17.6 Å². The lowest BCUT2D eigenvalue weighted by atomic mass is 10.1. The summed E-state index contributed by atoms with van der Waals surface area (Å²) < 4.78 is 74.3. The lowest BCUT2D eigenvalue weighted by Crippen LogP contribution is -2.20. The highest BCUT2D eigenvalue weighted by molar-refractivity contribution is 7.91. The van der Waals surface area contributed by atoms with Crippen molar-refractivity contribution in [1.82, 2.24) is 0 Å². The van der Waals surface area contributed by atoms with Gasteiger partial charge in [0, 0.05) is 17.9 Å². The minimum atomic E-state index is -3.54. The SMILES string of the molecule is CC(Cc1c(F)c(F)cc(F)c1F)S(C)(=O)=O. The molecule has 0 aromatic heterocycles. The molecule has 1 aromatic rings. The van der Waals surface area contributed by atoms with E-state index in [4.69, 9.17) is 0 Å². The van der Waals surface area contributed by atoms with E-state index in [9.17, 15) is 26.0 Å². The van der Waals surface area contributed by atoms with Gasteiger partial charge in [0.05, 0.1) is 5.25 Å². The average molecular weight is 270 g/mol. The summed E-state index contributed by atoms with van der Waals surface area (Å²) in [6.45, 7) is 1.21. The monoisotopic (exact) mass is 270 g/mol. The Morgan fingerprint density at radius 3 is 1.88 bits per heavy atom. The molecule has 0 radical (unpaired) electrons. The first-order valence-corrected chi connectivity index (χ1v) is 6.60. The maximum absolute atomic E-state index is 13.2. The van der Waals surface area contributed by atoms with Gasteiger partial charge < -0.3 is 0 Å². The van der Waals surface area contributed by atoms with Gasteiger partial charge in [-0.1, -0.05) is 0 Å². The summed E-state index contributed by atoms with van der Waals surface area (Å²) >= 11 is 0. The lowest BCUT2D eigenvalue weighted by molar-refractivity contribution is 0.437. The Morgan fingerprint density at radius 2 is 1.53 bits per heavy atom. The first-order chi connectivity index (χ1) is 7.64. The topological polar surface area (TPSA) is 34.1 Å². The highest BCUT2D eigenvalue weighted by atomic mass is 32.2. The number of hydrogen-bond acceptors (Lipinski definition) is 2. The van der Waals surface area contributed by atoms with Gasteiger partial charge in [-0.25, -0.2) is 26.0 Å². The van der Waals surface area contributed by atoms with Crippen LogP contribution in [0.15, 0.2) is 6.07 Å². The Balaban J connectivity index is 3.24. The second-order valence-corrected chi connectivity index (χ2v) is 6.25. The standard InChI is InChI=1S/C10H10F4O2S/c1-5(17(2,15)16)3-6-9(13)7(11)4-8(12)10(6)14/h4-5H,3H2,1-2H3. The van der Waals surface area contributed by atoms with E-state index >= 15 is 0 Å². The summed E-state index contributed by atoms with van der Waals surface area (Å²) in [5.41, 5.74) is -0.888. The number of halogens is 4.